The molecule has 2 bridgehead atoms. The molecule has 1 amide bonds. The van der Waals surface area contributed by atoms with Crippen molar-refractivity contribution in [2.45, 2.75) is 63.6 Å². The molecule has 2 unspecified atom stereocenters. The van der Waals surface area contributed by atoms with E-state index in [0.717, 1.165) is 12.8 Å². The lowest BCUT2D eigenvalue weighted by Gasteiger charge is -2.37. The first-order valence-corrected chi connectivity index (χ1v) is 7.88. The van der Waals surface area contributed by atoms with Gasteiger partial charge in [-0.15, -0.1) is 0 Å². The first-order valence-electron chi connectivity index (χ1n) is 7.50. The molecule has 0 aromatic carbocycles. The average Bonchev–Trinajstić information content (AvgIpc) is 2.70. The van der Waals surface area contributed by atoms with Crippen LogP contribution in [0.2, 0.25) is 5.02 Å². The molecule has 3 rings (SSSR count). The fourth-order valence-electron chi connectivity index (χ4n) is 3.41. The molecule has 1 aromatic heterocycles. The largest absolute Gasteiger partial charge is 0.393 e. The molecular formula is C15H20ClN3O2. The van der Waals surface area contributed by atoms with Gasteiger partial charge in [-0.25, -0.2) is 9.97 Å². The maximum absolute atomic E-state index is 12.8. The number of aliphatic hydroxyl groups is 1. The number of hydrogen-bond donors (Lipinski definition) is 1. The highest BCUT2D eigenvalue weighted by molar-refractivity contribution is 6.33. The molecule has 5 nitrogen and oxygen atoms in total. The molecular weight excluding hydrogens is 290 g/mol. The van der Waals surface area contributed by atoms with Gasteiger partial charge in [0.1, 0.15) is 5.82 Å². The van der Waals surface area contributed by atoms with E-state index in [0.29, 0.717) is 29.4 Å². The van der Waals surface area contributed by atoms with Gasteiger partial charge in [0.15, 0.2) is 5.69 Å². The summed E-state index contributed by atoms with van der Waals surface area (Å²) in [5, 5.41) is 10.1. The van der Waals surface area contributed by atoms with Gasteiger partial charge >= 0.3 is 0 Å². The van der Waals surface area contributed by atoms with Gasteiger partial charge in [-0.3, -0.25) is 4.79 Å². The maximum atomic E-state index is 12.8. The van der Waals surface area contributed by atoms with Crippen LogP contribution in [-0.2, 0) is 0 Å². The van der Waals surface area contributed by atoms with E-state index < -0.39 is 0 Å². The van der Waals surface area contributed by atoms with Crippen molar-refractivity contribution in [3.63, 3.8) is 0 Å². The van der Waals surface area contributed by atoms with E-state index in [-0.39, 0.29) is 30.0 Å². The molecule has 3 heterocycles. The molecule has 2 fully saturated rings. The van der Waals surface area contributed by atoms with Gasteiger partial charge in [-0.1, -0.05) is 25.4 Å². The Morgan fingerprint density at radius 3 is 2.57 bits per heavy atom. The highest BCUT2D eigenvalue weighted by Crippen LogP contribution is 2.37. The monoisotopic (exact) mass is 309 g/mol. The number of fused-ring (bicyclic) bond motifs is 2. The van der Waals surface area contributed by atoms with Crippen LogP contribution in [0.25, 0.3) is 0 Å². The van der Waals surface area contributed by atoms with Gasteiger partial charge < -0.3 is 10.0 Å². The Hall–Kier alpha value is -1.20. The number of aromatic nitrogens is 2. The molecule has 2 aliphatic heterocycles. The van der Waals surface area contributed by atoms with E-state index in [1.807, 2.05) is 18.7 Å². The van der Waals surface area contributed by atoms with Crippen molar-refractivity contribution in [3.8, 4) is 0 Å². The maximum Gasteiger partial charge on any atom is 0.274 e. The standard InChI is InChI=1S/C15H20ClN3O2/c1-8(2)14-17-7-12(16)13(18-14)15(21)19-9-3-4-10(19)6-11(20)5-9/h7-11,20H,3-6H2,1-2H3. The van der Waals surface area contributed by atoms with E-state index >= 15 is 0 Å². The van der Waals surface area contributed by atoms with Gasteiger partial charge in [0, 0.05) is 18.0 Å². The number of nitrogens with zero attached hydrogens (tertiary/aromatic N) is 3. The van der Waals surface area contributed by atoms with E-state index in [2.05, 4.69) is 9.97 Å². The lowest BCUT2D eigenvalue weighted by atomic mass is 9.99. The number of amides is 1. The predicted molar refractivity (Wildman–Crippen MR) is 79.4 cm³/mol. The zero-order valence-corrected chi connectivity index (χ0v) is 13.0. The third-order valence-electron chi connectivity index (χ3n) is 4.42. The fraction of sp³-hybridized carbons (Fsp3) is 0.667. The topological polar surface area (TPSA) is 66.3 Å². The minimum Gasteiger partial charge on any atom is -0.393 e. The van der Waals surface area contributed by atoms with Crippen LogP contribution in [0.15, 0.2) is 6.20 Å². The van der Waals surface area contributed by atoms with Crippen LogP contribution >= 0.6 is 11.6 Å². The summed E-state index contributed by atoms with van der Waals surface area (Å²) in [5.74, 6) is 0.657. The number of rotatable bonds is 2. The second-order valence-corrected chi connectivity index (χ2v) is 6.71. The van der Waals surface area contributed by atoms with Crippen molar-refractivity contribution in [1.29, 1.82) is 0 Å². The number of piperidine rings is 1. The number of aliphatic hydroxyl groups excluding tert-OH is 1. The Labute approximate surface area is 129 Å². The van der Waals surface area contributed by atoms with Crippen molar-refractivity contribution in [1.82, 2.24) is 14.9 Å². The molecule has 2 aliphatic rings. The molecule has 1 N–H and O–H groups in total. The zero-order chi connectivity index (χ0) is 15.1. The second kappa shape index (κ2) is 5.54. The van der Waals surface area contributed by atoms with Crippen molar-refractivity contribution >= 4 is 17.5 Å². The first-order chi connectivity index (χ1) is 9.97. The summed E-state index contributed by atoms with van der Waals surface area (Å²) in [6.45, 7) is 3.97. The Morgan fingerprint density at radius 2 is 2.00 bits per heavy atom. The summed E-state index contributed by atoms with van der Waals surface area (Å²) >= 11 is 6.14. The second-order valence-electron chi connectivity index (χ2n) is 6.30. The van der Waals surface area contributed by atoms with Crippen LogP contribution < -0.4 is 0 Å². The molecule has 1 aromatic rings. The Balaban J connectivity index is 1.91. The number of hydrogen-bond acceptors (Lipinski definition) is 4. The van der Waals surface area contributed by atoms with Crippen LogP contribution in [0.4, 0.5) is 0 Å². The minimum absolute atomic E-state index is 0.111. The molecule has 2 atom stereocenters. The highest BCUT2D eigenvalue weighted by Gasteiger charge is 2.43. The predicted octanol–water partition coefficient (Wildman–Crippen LogP) is 2.38. The third-order valence-corrected chi connectivity index (χ3v) is 4.70. The summed E-state index contributed by atoms with van der Waals surface area (Å²) in [4.78, 5) is 23.3. The van der Waals surface area contributed by atoms with Crippen LogP contribution in [0.5, 0.6) is 0 Å². The van der Waals surface area contributed by atoms with Crippen molar-refractivity contribution in [2.75, 3.05) is 0 Å². The summed E-state index contributed by atoms with van der Waals surface area (Å²) in [7, 11) is 0. The Kier molecular flexibility index (Phi) is 3.88. The van der Waals surface area contributed by atoms with Crippen molar-refractivity contribution < 1.29 is 9.90 Å². The van der Waals surface area contributed by atoms with Gasteiger partial charge in [-0.2, -0.15) is 0 Å². The summed E-state index contributed by atoms with van der Waals surface area (Å²) in [6.07, 6.45) is 4.43. The zero-order valence-electron chi connectivity index (χ0n) is 12.3. The van der Waals surface area contributed by atoms with Gasteiger partial charge in [0.2, 0.25) is 0 Å². The van der Waals surface area contributed by atoms with E-state index in [1.165, 1.54) is 6.20 Å². The lowest BCUT2D eigenvalue weighted by molar-refractivity contribution is 0.0282. The van der Waals surface area contributed by atoms with Crippen molar-refractivity contribution in [3.05, 3.63) is 22.7 Å². The summed E-state index contributed by atoms with van der Waals surface area (Å²) in [6, 6.07) is 0.222. The van der Waals surface area contributed by atoms with Crippen molar-refractivity contribution in [2.24, 2.45) is 0 Å². The van der Waals surface area contributed by atoms with Crippen LogP contribution in [0, 0.1) is 0 Å². The third kappa shape index (κ3) is 2.64. The molecule has 0 aliphatic carbocycles. The summed E-state index contributed by atoms with van der Waals surface area (Å²) in [5.41, 5.74) is 0.295. The fourth-order valence-corrected chi connectivity index (χ4v) is 3.58. The first kappa shape index (κ1) is 14.7. The molecule has 0 spiro atoms. The molecule has 0 saturated carbocycles. The van der Waals surface area contributed by atoms with E-state index in [1.54, 1.807) is 0 Å². The molecule has 6 heteroatoms. The molecule has 2 saturated heterocycles. The average molecular weight is 310 g/mol. The Morgan fingerprint density at radius 1 is 1.38 bits per heavy atom. The number of carbonyl (C=O) groups is 1. The number of halogens is 1. The SMILES string of the molecule is CC(C)c1ncc(Cl)c(C(=O)N2C3CCC2CC(O)C3)n1. The molecule has 21 heavy (non-hydrogen) atoms. The van der Waals surface area contributed by atoms with Crippen LogP contribution in [0.1, 0.15) is 61.8 Å². The summed E-state index contributed by atoms with van der Waals surface area (Å²) < 4.78 is 0. The number of carbonyl (C=O) groups excluding carboxylic acids is 1. The normalized spacial score (nSPS) is 28.2. The quantitative estimate of drug-likeness (QED) is 0.911. The lowest BCUT2D eigenvalue weighted by Crippen LogP contribution is -2.48. The van der Waals surface area contributed by atoms with Crippen LogP contribution in [0.3, 0.4) is 0 Å². The van der Waals surface area contributed by atoms with Crippen LogP contribution in [-0.4, -0.2) is 44.1 Å². The smallest absolute Gasteiger partial charge is 0.274 e. The minimum atomic E-state index is -0.293. The van der Waals surface area contributed by atoms with E-state index in [4.69, 9.17) is 11.6 Å². The molecule has 0 radical (unpaired) electrons. The molecule has 114 valence electrons. The van der Waals surface area contributed by atoms with E-state index in [9.17, 15) is 9.90 Å². The highest BCUT2D eigenvalue weighted by atomic mass is 35.5. The van der Waals surface area contributed by atoms with Gasteiger partial charge in [0.25, 0.3) is 5.91 Å². The van der Waals surface area contributed by atoms with Gasteiger partial charge in [0.05, 0.1) is 17.3 Å². The Bertz CT molecular complexity index is 550. The van der Waals surface area contributed by atoms with Gasteiger partial charge in [-0.05, 0) is 25.7 Å².